The average molecular weight is 374 g/mol. The molecule has 0 aliphatic heterocycles. The number of nitriles is 1. The number of carbonyl (C=O) groups is 2. The van der Waals surface area contributed by atoms with Crippen molar-refractivity contribution in [2.45, 2.75) is 0 Å². The van der Waals surface area contributed by atoms with Gasteiger partial charge in [-0.3, -0.25) is 4.79 Å². The van der Waals surface area contributed by atoms with Crippen molar-refractivity contribution in [3.8, 4) is 6.07 Å². The standard InChI is InChI=1S/C18H13ClFN3O3/c1-26-18(25)12(9-21)10-22-13-4-2-3-11(7-13)17(24)23-14-5-6-16(20)15(19)8-14/h2-8,10,22H,1H3,(H,23,24)/b12-10-. The second kappa shape index (κ2) is 8.65. The van der Waals surface area contributed by atoms with E-state index in [2.05, 4.69) is 15.4 Å². The fourth-order valence-electron chi connectivity index (χ4n) is 1.93. The minimum Gasteiger partial charge on any atom is -0.465 e. The summed E-state index contributed by atoms with van der Waals surface area (Å²) >= 11 is 5.68. The van der Waals surface area contributed by atoms with Crippen molar-refractivity contribution in [2.24, 2.45) is 0 Å². The third kappa shape index (κ3) is 4.82. The van der Waals surface area contributed by atoms with Crippen molar-refractivity contribution in [3.63, 3.8) is 0 Å². The molecule has 8 heteroatoms. The molecule has 2 N–H and O–H groups in total. The lowest BCUT2D eigenvalue weighted by atomic mass is 10.1. The molecule has 0 fully saturated rings. The number of carbonyl (C=O) groups excluding carboxylic acids is 2. The molecular weight excluding hydrogens is 361 g/mol. The fourth-order valence-corrected chi connectivity index (χ4v) is 2.11. The first-order chi connectivity index (χ1) is 12.4. The van der Waals surface area contributed by atoms with Crippen LogP contribution in [-0.4, -0.2) is 19.0 Å². The normalized spacial score (nSPS) is 10.6. The van der Waals surface area contributed by atoms with Crippen LogP contribution in [0, 0.1) is 17.1 Å². The van der Waals surface area contributed by atoms with Crippen LogP contribution in [0.3, 0.4) is 0 Å². The predicted molar refractivity (Wildman–Crippen MR) is 95.1 cm³/mol. The van der Waals surface area contributed by atoms with Crippen LogP contribution in [-0.2, 0) is 9.53 Å². The molecule has 0 unspecified atom stereocenters. The highest BCUT2D eigenvalue weighted by Gasteiger charge is 2.10. The van der Waals surface area contributed by atoms with Crippen molar-refractivity contribution in [3.05, 3.63) is 70.6 Å². The first kappa shape index (κ1) is 19.0. The Morgan fingerprint density at radius 3 is 2.65 bits per heavy atom. The van der Waals surface area contributed by atoms with E-state index >= 15 is 0 Å². The Hall–Kier alpha value is -3.37. The van der Waals surface area contributed by atoms with Gasteiger partial charge in [-0.2, -0.15) is 5.26 Å². The van der Waals surface area contributed by atoms with E-state index in [9.17, 15) is 14.0 Å². The quantitative estimate of drug-likeness (QED) is 0.473. The maximum atomic E-state index is 13.2. The lowest BCUT2D eigenvalue weighted by molar-refractivity contribution is -0.135. The predicted octanol–water partition coefficient (Wildman–Crippen LogP) is 3.72. The number of amides is 1. The Kier molecular flexibility index (Phi) is 6.31. The number of halogens is 2. The molecule has 2 rings (SSSR count). The van der Waals surface area contributed by atoms with Crippen LogP contribution in [0.5, 0.6) is 0 Å². The van der Waals surface area contributed by atoms with E-state index < -0.39 is 17.7 Å². The molecule has 26 heavy (non-hydrogen) atoms. The second-order valence-electron chi connectivity index (χ2n) is 4.97. The van der Waals surface area contributed by atoms with Gasteiger partial charge in [-0.1, -0.05) is 17.7 Å². The molecule has 1 amide bonds. The summed E-state index contributed by atoms with van der Waals surface area (Å²) in [5.74, 6) is -1.79. The summed E-state index contributed by atoms with van der Waals surface area (Å²) < 4.78 is 17.6. The van der Waals surface area contributed by atoms with Crippen molar-refractivity contribution in [2.75, 3.05) is 17.7 Å². The molecule has 0 atom stereocenters. The van der Waals surface area contributed by atoms with Crippen molar-refractivity contribution in [1.29, 1.82) is 5.26 Å². The minimum atomic E-state index is -0.776. The Labute approximate surface area is 153 Å². The van der Waals surface area contributed by atoms with Gasteiger partial charge in [0.05, 0.1) is 12.1 Å². The molecule has 0 saturated carbocycles. The van der Waals surface area contributed by atoms with Gasteiger partial charge < -0.3 is 15.4 Å². The third-order valence-electron chi connectivity index (χ3n) is 3.21. The Morgan fingerprint density at radius 1 is 1.23 bits per heavy atom. The van der Waals surface area contributed by atoms with E-state index in [4.69, 9.17) is 16.9 Å². The van der Waals surface area contributed by atoms with E-state index in [1.165, 1.54) is 31.5 Å². The van der Waals surface area contributed by atoms with Gasteiger partial charge >= 0.3 is 5.97 Å². The average Bonchev–Trinajstić information content (AvgIpc) is 2.65. The number of benzene rings is 2. The van der Waals surface area contributed by atoms with Crippen molar-refractivity contribution < 1.29 is 18.7 Å². The van der Waals surface area contributed by atoms with Crippen LogP contribution in [0.15, 0.2) is 54.2 Å². The molecule has 0 aromatic heterocycles. The maximum absolute atomic E-state index is 13.2. The molecule has 2 aromatic rings. The summed E-state index contributed by atoms with van der Waals surface area (Å²) in [5.41, 5.74) is 0.910. The highest BCUT2D eigenvalue weighted by Crippen LogP contribution is 2.20. The first-order valence-corrected chi connectivity index (χ1v) is 7.64. The number of hydrogen-bond donors (Lipinski definition) is 2. The van der Waals surface area contributed by atoms with E-state index in [0.29, 0.717) is 16.9 Å². The highest BCUT2D eigenvalue weighted by molar-refractivity contribution is 6.31. The number of nitrogens with zero attached hydrogens (tertiary/aromatic N) is 1. The smallest absolute Gasteiger partial charge is 0.350 e. The third-order valence-corrected chi connectivity index (χ3v) is 3.50. The van der Waals surface area contributed by atoms with Gasteiger partial charge in [0, 0.05) is 23.1 Å². The van der Waals surface area contributed by atoms with Crippen LogP contribution in [0.25, 0.3) is 0 Å². The summed E-state index contributed by atoms with van der Waals surface area (Å²) in [6, 6.07) is 11.9. The fraction of sp³-hybridized carbons (Fsp3) is 0.0556. The molecule has 132 valence electrons. The van der Waals surface area contributed by atoms with Gasteiger partial charge in [-0.25, -0.2) is 9.18 Å². The zero-order valence-corrected chi connectivity index (χ0v) is 14.3. The number of anilines is 2. The Bertz CT molecular complexity index is 922. The van der Waals surface area contributed by atoms with Crippen molar-refractivity contribution in [1.82, 2.24) is 0 Å². The monoisotopic (exact) mass is 373 g/mol. The molecular formula is C18H13ClFN3O3. The molecule has 0 saturated heterocycles. The molecule has 2 aromatic carbocycles. The molecule has 0 heterocycles. The summed E-state index contributed by atoms with van der Waals surface area (Å²) in [6.45, 7) is 0. The SMILES string of the molecule is COC(=O)/C(C#N)=C\Nc1cccc(C(=O)Nc2ccc(F)c(Cl)c2)c1. The number of methoxy groups -OCH3 is 1. The zero-order chi connectivity index (χ0) is 19.1. The van der Waals surface area contributed by atoms with Crippen LogP contribution >= 0.6 is 11.6 Å². The van der Waals surface area contributed by atoms with Crippen molar-refractivity contribution >= 4 is 34.9 Å². The molecule has 6 nitrogen and oxygen atoms in total. The van der Waals surface area contributed by atoms with Crippen LogP contribution < -0.4 is 10.6 Å². The number of ether oxygens (including phenoxy) is 1. The molecule has 0 radical (unpaired) electrons. The van der Waals surface area contributed by atoms with E-state index in [1.54, 1.807) is 24.3 Å². The maximum Gasteiger partial charge on any atom is 0.350 e. The molecule has 0 bridgehead atoms. The van der Waals surface area contributed by atoms with Gasteiger partial charge in [-0.05, 0) is 36.4 Å². The summed E-state index contributed by atoms with van der Waals surface area (Å²) in [6.07, 6.45) is 1.18. The number of nitrogens with one attached hydrogen (secondary N) is 2. The Balaban J connectivity index is 2.14. The number of hydrogen-bond acceptors (Lipinski definition) is 5. The molecule has 0 spiro atoms. The topological polar surface area (TPSA) is 91.2 Å². The van der Waals surface area contributed by atoms with Gasteiger partial charge in [-0.15, -0.1) is 0 Å². The summed E-state index contributed by atoms with van der Waals surface area (Å²) in [4.78, 5) is 23.6. The van der Waals surface area contributed by atoms with Gasteiger partial charge in [0.25, 0.3) is 5.91 Å². The van der Waals surface area contributed by atoms with Gasteiger partial charge in [0.2, 0.25) is 0 Å². The minimum absolute atomic E-state index is 0.102. The molecule has 0 aliphatic rings. The second-order valence-corrected chi connectivity index (χ2v) is 5.38. The number of esters is 1. The first-order valence-electron chi connectivity index (χ1n) is 7.26. The summed E-state index contributed by atoms with van der Waals surface area (Å²) in [5, 5.41) is 14.1. The molecule has 0 aliphatic carbocycles. The van der Waals surface area contributed by atoms with Crippen LogP contribution in [0.1, 0.15) is 10.4 Å². The number of rotatable bonds is 5. The lowest BCUT2D eigenvalue weighted by Crippen LogP contribution is -2.12. The summed E-state index contributed by atoms with van der Waals surface area (Å²) in [7, 11) is 1.17. The van der Waals surface area contributed by atoms with Crippen LogP contribution in [0.4, 0.5) is 15.8 Å². The van der Waals surface area contributed by atoms with Gasteiger partial charge in [0.15, 0.2) is 5.57 Å². The van der Waals surface area contributed by atoms with E-state index in [0.717, 1.165) is 6.07 Å². The largest absolute Gasteiger partial charge is 0.465 e. The lowest BCUT2D eigenvalue weighted by Gasteiger charge is -2.08. The highest BCUT2D eigenvalue weighted by atomic mass is 35.5. The Morgan fingerprint density at radius 2 is 2.00 bits per heavy atom. The van der Waals surface area contributed by atoms with Gasteiger partial charge in [0.1, 0.15) is 11.9 Å². The van der Waals surface area contributed by atoms with E-state index in [-0.39, 0.29) is 10.6 Å². The van der Waals surface area contributed by atoms with E-state index in [1.807, 2.05) is 0 Å². The zero-order valence-electron chi connectivity index (χ0n) is 13.5. The van der Waals surface area contributed by atoms with Crippen LogP contribution in [0.2, 0.25) is 5.02 Å².